The van der Waals surface area contributed by atoms with Crippen LogP contribution in [0.1, 0.15) is 278 Å². The molecule has 0 saturated carbocycles. The fourth-order valence-electron chi connectivity index (χ4n) is 8.15. The first-order chi connectivity index (χ1) is 35.0. The van der Waals surface area contributed by atoms with Crippen molar-refractivity contribution in [2.75, 3.05) is 13.2 Å². The van der Waals surface area contributed by atoms with Gasteiger partial charge in [-0.3, -0.25) is 14.4 Å². The lowest BCUT2D eigenvalue weighted by Crippen LogP contribution is -2.30. The van der Waals surface area contributed by atoms with Gasteiger partial charge >= 0.3 is 17.9 Å². The molecule has 0 aromatic rings. The van der Waals surface area contributed by atoms with E-state index in [-0.39, 0.29) is 31.1 Å². The van der Waals surface area contributed by atoms with Crippen LogP contribution in [0.15, 0.2) is 97.2 Å². The van der Waals surface area contributed by atoms with Crippen LogP contribution in [-0.2, 0) is 28.6 Å². The van der Waals surface area contributed by atoms with Gasteiger partial charge in [-0.1, -0.05) is 240 Å². The van der Waals surface area contributed by atoms with E-state index in [4.69, 9.17) is 14.2 Å². The molecule has 0 bridgehead atoms. The van der Waals surface area contributed by atoms with Crippen LogP contribution in [0.5, 0.6) is 0 Å². The van der Waals surface area contributed by atoms with Gasteiger partial charge in [-0.2, -0.15) is 0 Å². The third kappa shape index (κ3) is 57.1. The molecular weight excluding hydrogens is 877 g/mol. The topological polar surface area (TPSA) is 78.9 Å². The Labute approximate surface area is 438 Å². The summed E-state index contributed by atoms with van der Waals surface area (Å²) in [4.78, 5) is 38.2. The first kappa shape index (κ1) is 67.3. The van der Waals surface area contributed by atoms with Gasteiger partial charge in [-0.25, -0.2) is 0 Å². The summed E-state index contributed by atoms with van der Waals surface area (Å²) in [7, 11) is 0. The number of hydrogen-bond acceptors (Lipinski definition) is 6. The molecule has 1 unspecified atom stereocenters. The highest BCUT2D eigenvalue weighted by Gasteiger charge is 2.19. The molecule has 0 aliphatic rings. The highest BCUT2D eigenvalue weighted by molar-refractivity contribution is 5.71. The summed E-state index contributed by atoms with van der Waals surface area (Å²) < 4.78 is 16.9. The van der Waals surface area contributed by atoms with Crippen molar-refractivity contribution in [2.24, 2.45) is 0 Å². The normalized spacial score (nSPS) is 12.8. The Morgan fingerprint density at radius 1 is 0.296 bits per heavy atom. The van der Waals surface area contributed by atoms with E-state index in [9.17, 15) is 14.4 Å². The summed E-state index contributed by atoms with van der Waals surface area (Å²) in [5.41, 5.74) is 0. The average Bonchev–Trinajstić information content (AvgIpc) is 3.37. The largest absolute Gasteiger partial charge is 0.462 e. The maximum Gasteiger partial charge on any atom is 0.306 e. The van der Waals surface area contributed by atoms with Gasteiger partial charge in [0.05, 0.1) is 0 Å². The summed E-state index contributed by atoms with van der Waals surface area (Å²) >= 11 is 0. The Bertz CT molecular complexity index is 1410. The number of rotatable bonds is 53. The second-order valence-corrected chi connectivity index (χ2v) is 19.5. The summed E-state index contributed by atoms with van der Waals surface area (Å²) in [6, 6.07) is 0. The van der Waals surface area contributed by atoms with E-state index in [0.717, 1.165) is 135 Å². The van der Waals surface area contributed by atoms with E-state index >= 15 is 0 Å². The fraction of sp³-hybridized carbons (Fsp3) is 0.708. The van der Waals surface area contributed by atoms with Crippen molar-refractivity contribution in [3.63, 3.8) is 0 Å². The van der Waals surface area contributed by atoms with Gasteiger partial charge in [-0.15, -0.1) is 0 Å². The van der Waals surface area contributed by atoms with Crippen molar-refractivity contribution in [1.29, 1.82) is 0 Å². The maximum atomic E-state index is 12.9. The smallest absolute Gasteiger partial charge is 0.306 e. The molecule has 0 amide bonds. The third-order valence-corrected chi connectivity index (χ3v) is 12.6. The molecule has 406 valence electrons. The zero-order chi connectivity index (χ0) is 51.4. The number of unbranched alkanes of at least 4 members (excludes halogenated alkanes) is 26. The number of carbonyl (C=O) groups is 3. The molecular formula is C65H110O6. The first-order valence-electron chi connectivity index (χ1n) is 29.7. The van der Waals surface area contributed by atoms with Crippen molar-refractivity contribution in [3.05, 3.63) is 97.2 Å². The van der Waals surface area contributed by atoms with Gasteiger partial charge in [-0.05, 0) is 116 Å². The zero-order valence-corrected chi connectivity index (χ0v) is 46.5. The van der Waals surface area contributed by atoms with Gasteiger partial charge in [0.2, 0.25) is 0 Å². The molecule has 0 aromatic carbocycles. The number of ether oxygens (including phenoxy) is 3. The van der Waals surface area contributed by atoms with Gasteiger partial charge in [0.25, 0.3) is 0 Å². The Morgan fingerprint density at radius 3 is 0.873 bits per heavy atom. The summed E-state index contributed by atoms with van der Waals surface area (Å²) in [6.45, 7) is 6.40. The molecule has 0 aliphatic heterocycles. The summed E-state index contributed by atoms with van der Waals surface area (Å²) in [6.07, 6.45) is 78.2. The summed E-state index contributed by atoms with van der Waals surface area (Å²) in [5, 5.41) is 0. The number of esters is 3. The molecule has 0 aromatic heterocycles. The van der Waals surface area contributed by atoms with Gasteiger partial charge < -0.3 is 14.2 Å². The monoisotopic (exact) mass is 987 g/mol. The minimum Gasteiger partial charge on any atom is -0.462 e. The van der Waals surface area contributed by atoms with Crippen molar-refractivity contribution >= 4 is 17.9 Å². The van der Waals surface area contributed by atoms with Gasteiger partial charge in [0, 0.05) is 19.3 Å². The SMILES string of the molecule is CC/C=C\C/C=C\C/C=C\C/C=C\CCCCCCCCC(=O)OCC(COC(=O)CCCCCCCC/C=C\C/C=C\C/C=C\CC)OC(=O)CCCCCCC/C=C\CCCCCCCCCCC. The van der Waals surface area contributed by atoms with E-state index in [2.05, 4.69) is 118 Å². The van der Waals surface area contributed by atoms with Gasteiger partial charge in [0.1, 0.15) is 13.2 Å². The van der Waals surface area contributed by atoms with E-state index in [0.29, 0.717) is 19.3 Å². The molecule has 6 heteroatoms. The second kappa shape index (κ2) is 58.9. The zero-order valence-electron chi connectivity index (χ0n) is 46.5. The quantitative estimate of drug-likeness (QED) is 0.0261. The van der Waals surface area contributed by atoms with Crippen LogP contribution < -0.4 is 0 Å². The van der Waals surface area contributed by atoms with E-state index in [1.54, 1.807) is 0 Å². The Kier molecular flexibility index (Phi) is 55.9. The Hall–Kier alpha value is -3.67. The van der Waals surface area contributed by atoms with Crippen molar-refractivity contribution in [3.8, 4) is 0 Å². The van der Waals surface area contributed by atoms with Crippen molar-refractivity contribution < 1.29 is 28.6 Å². The minimum atomic E-state index is -0.795. The molecule has 0 heterocycles. The molecule has 0 aliphatic carbocycles. The minimum absolute atomic E-state index is 0.0926. The number of allylic oxidation sites excluding steroid dienone is 16. The Balaban J connectivity index is 4.44. The highest BCUT2D eigenvalue weighted by atomic mass is 16.6. The fourth-order valence-corrected chi connectivity index (χ4v) is 8.15. The van der Waals surface area contributed by atoms with Crippen molar-refractivity contribution in [1.82, 2.24) is 0 Å². The molecule has 71 heavy (non-hydrogen) atoms. The molecule has 1 atom stereocenters. The second-order valence-electron chi connectivity index (χ2n) is 19.5. The van der Waals surface area contributed by atoms with E-state index in [1.165, 1.54) is 103 Å². The van der Waals surface area contributed by atoms with Crippen LogP contribution in [0.2, 0.25) is 0 Å². The van der Waals surface area contributed by atoms with Crippen LogP contribution in [0, 0.1) is 0 Å². The molecule has 0 fully saturated rings. The maximum absolute atomic E-state index is 12.9. The van der Waals surface area contributed by atoms with Crippen LogP contribution in [0.25, 0.3) is 0 Å². The average molecular weight is 988 g/mol. The molecule has 0 rings (SSSR count). The van der Waals surface area contributed by atoms with Crippen LogP contribution >= 0.6 is 0 Å². The van der Waals surface area contributed by atoms with E-state index in [1.807, 2.05) is 0 Å². The predicted molar refractivity (Wildman–Crippen MR) is 307 cm³/mol. The number of carbonyl (C=O) groups excluding carboxylic acids is 3. The summed E-state index contributed by atoms with van der Waals surface area (Å²) in [5.74, 6) is -0.921. The molecule has 0 spiro atoms. The van der Waals surface area contributed by atoms with E-state index < -0.39 is 6.10 Å². The highest BCUT2D eigenvalue weighted by Crippen LogP contribution is 2.15. The van der Waals surface area contributed by atoms with Crippen molar-refractivity contribution in [2.45, 2.75) is 284 Å². The van der Waals surface area contributed by atoms with Crippen LogP contribution in [0.4, 0.5) is 0 Å². The number of hydrogen-bond donors (Lipinski definition) is 0. The lowest BCUT2D eigenvalue weighted by molar-refractivity contribution is -0.167. The molecule has 0 N–H and O–H groups in total. The lowest BCUT2D eigenvalue weighted by Gasteiger charge is -2.18. The molecule has 0 saturated heterocycles. The van der Waals surface area contributed by atoms with Crippen LogP contribution in [-0.4, -0.2) is 37.2 Å². The van der Waals surface area contributed by atoms with Crippen LogP contribution in [0.3, 0.4) is 0 Å². The Morgan fingerprint density at radius 2 is 0.549 bits per heavy atom. The third-order valence-electron chi connectivity index (χ3n) is 12.6. The molecule has 0 radical (unpaired) electrons. The first-order valence-corrected chi connectivity index (χ1v) is 29.7. The lowest BCUT2D eigenvalue weighted by atomic mass is 10.1. The predicted octanol–water partition coefficient (Wildman–Crippen LogP) is 20.1. The molecule has 6 nitrogen and oxygen atoms in total. The standard InChI is InChI=1S/C65H110O6/c1-4-7-10-13-16-19-22-25-28-31-33-35-37-40-43-46-49-52-55-58-64(67)70-61-62(60-69-63(66)57-54-51-48-45-42-39-36-30-27-24-21-18-15-12-9-6-3)71-65(68)59-56-53-50-47-44-41-38-34-32-29-26-23-20-17-14-11-8-5-2/h7,9-10,12,16,18-19,21,25,27-28,30,33-35,38,62H,4-6,8,11,13-15,17,20,22-24,26,29,31-32,36-37,39-61H2,1-3H3/b10-7-,12-9-,19-16-,21-18-,28-25-,30-27-,35-33-,38-34-. The van der Waals surface area contributed by atoms with Gasteiger partial charge in [0.15, 0.2) is 6.10 Å².